The molecule has 1 aromatic carbocycles. The van der Waals surface area contributed by atoms with Crippen LogP contribution in [-0.2, 0) is 0 Å². The van der Waals surface area contributed by atoms with Crippen LogP contribution in [-0.4, -0.2) is 19.0 Å². The molecule has 0 aromatic heterocycles. The Labute approximate surface area is 121 Å². The summed E-state index contributed by atoms with van der Waals surface area (Å²) < 4.78 is 11.4. The molecule has 1 fully saturated rings. The number of carbonyl (C=O) groups is 1. The minimum Gasteiger partial charge on any atom is -0.497 e. The fraction of sp³-hybridized carbons (Fsp3) is 0.588. The van der Waals surface area contributed by atoms with Crippen molar-refractivity contribution < 1.29 is 14.3 Å². The van der Waals surface area contributed by atoms with Crippen LogP contribution < -0.4 is 9.47 Å². The Hall–Kier alpha value is -1.51. The van der Waals surface area contributed by atoms with E-state index < -0.39 is 0 Å². The molecule has 2 rings (SSSR count). The second-order valence-electron chi connectivity index (χ2n) is 5.53. The molecule has 1 saturated carbocycles. The minimum absolute atomic E-state index is 0.0338. The summed E-state index contributed by atoms with van der Waals surface area (Å²) in [4.78, 5) is 11.7. The summed E-state index contributed by atoms with van der Waals surface area (Å²) in [7, 11) is 1.63. The summed E-state index contributed by atoms with van der Waals surface area (Å²) in [6.07, 6.45) is 6.15. The molecule has 0 heterocycles. The van der Waals surface area contributed by atoms with Crippen LogP contribution in [0.25, 0.3) is 0 Å². The van der Waals surface area contributed by atoms with Gasteiger partial charge in [0.05, 0.1) is 12.7 Å². The van der Waals surface area contributed by atoms with Gasteiger partial charge in [-0.1, -0.05) is 13.3 Å². The van der Waals surface area contributed by atoms with Gasteiger partial charge in [0.25, 0.3) is 0 Å². The average molecular weight is 276 g/mol. The van der Waals surface area contributed by atoms with Crippen LogP contribution in [0.2, 0.25) is 0 Å². The number of benzene rings is 1. The predicted octanol–water partition coefficient (Wildman–Crippen LogP) is 4.25. The van der Waals surface area contributed by atoms with E-state index in [4.69, 9.17) is 9.47 Å². The van der Waals surface area contributed by atoms with E-state index in [1.54, 1.807) is 20.1 Å². The van der Waals surface area contributed by atoms with Gasteiger partial charge >= 0.3 is 0 Å². The highest BCUT2D eigenvalue weighted by molar-refractivity contribution is 5.97. The molecule has 110 valence electrons. The van der Waals surface area contributed by atoms with E-state index in [0.29, 0.717) is 17.2 Å². The zero-order valence-corrected chi connectivity index (χ0v) is 12.6. The summed E-state index contributed by atoms with van der Waals surface area (Å²) in [6.45, 7) is 3.79. The molecule has 0 spiro atoms. The molecule has 0 amide bonds. The summed E-state index contributed by atoms with van der Waals surface area (Å²) >= 11 is 0. The number of hydrogen-bond donors (Lipinski definition) is 0. The van der Waals surface area contributed by atoms with E-state index >= 15 is 0 Å². The smallest absolute Gasteiger partial charge is 0.163 e. The Morgan fingerprint density at radius 3 is 2.70 bits per heavy atom. The molecule has 3 nitrogen and oxygen atoms in total. The maximum atomic E-state index is 11.7. The second kappa shape index (κ2) is 6.78. The van der Waals surface area contributed by atoms with E-state index in [0.717, 1.165) is 18.6 Å². The van der Waals surface area contributed by atoms with E-state index in [9.17, 15) is 4.79 Å². The first kappa shape index (κ1) is 14.9. The third kappa shape index (κ3) is 3.33. The number of carbonyl (C=O) groups excluding carboxylic acids is 1. The largest absolute Gasteiger partial charge is 0.497 e. The summed E-state index contributed by atoms with van der Waals surface area (Å²) in [5.41, 5.74) is 0.645. The molecule has 0 radical (unpaired) electrons. The van der Waals surface area contributed by atoms with Crippen molar-refractivity contribution in [2.45, 2.75) is 52.1 Å². The lowest BCUT2D eigenvalue weighted by Gasteiger charge is -2.31. The van der Waals surface area contributed by atoms with Gasteiger partial charge in [-0.15, -0.1) is 0 Å². The molecule has 1 aromatic rings. The molecule has 1 aliphatic rings. The first-order valence-corrected chi connectivity index (χ1v) is 7.51. The fourth-order valence-corrected chi connectivity index (χ4v) is 2.98. The first-order valence-electron chi connectivity index (χ1n) is 7.51. The van der Waals surface area contributed by atoms with Gasteiger partial charge in [0.15, 0.2) is 5.78 Å². The topological polar surface area (TPSA) is 35.5 Å². The van der Waals surface area contributed by atoms with E-state index in [-0.39, 0.29) is 11.9 Å². The van der Waals surface area contributed by atoms with Crippen LogP contribution in [0, 0.1) is 5.92 Å². The van der Waals surface area contributed by atoms with Crippen molar-refractivity contribution in [2.75, 3.05) is 7.11 Å². The van der Waals surface area contributed by atoms with E-state index in [1.165, 1.54) is 19.3 Å². The van der Waals surface area contributed by atoms with Crippen molar-refractivity contribution in [1.82, 2.24) is 0 Å². The number of rotatable bonds is 5. The molecule has 0 aliphatic heterocycles. The number of hydrogen-bond acceptors (Lipinski definition) is 3. The van der Waals surface area contributed by atoms with Crippen molar-refractivity contribution in [3.8, 4) is 11.5 Å². The molecule has 0 bridgehead atoms. The number of ketones is 1. The minimum atomic E-state index is 0.0338. The quantitative estimate of drug-likeness (QED) is 0.754. The van der Waals surface area contributed by atoms with Crippen LogP contribution in [0.5, 0.6) is 11.5 Å². The normalized spacial score (nSPS) is 22.4. The lowest BCUT2D eigenvalue weighted by molar-refractivity contribution is 0.0864. The Bertz CT molecular complexity index is 467. The monoisotopic (exact) mass is 276 g/mol. The molecular formula is C17H24O3. The molecule has 1 aliphatic carbocycles. The maximum absolute atomic E-state index is 11.7. The summed E-state index contributed by atoms with van der Waals surface area (Å²) in [5.74, 6) is 2.03. The van der Waals surface area contributed by atoms with Gasteiger partial charge < -0.3 is 9.47 Å². The van der Waals surface area contributed by atoms with Crippen molar-refractivity contribution in [3.63, 3.8) is 0 Å². The van der Waals surface area contributed by atoms with Gasteiger partial charge in [0.2, 0.25) is 0 Å². The van der Waals surface area contributed by atoms with Crippen molar-refractivity contribution in [3.05, 3.63) is 23.8 Å². The number of methoxy groups -OCH3 is 1. The van der Waals surface area contributed by atoms with Crippen molar-refractivity contribution >= 4 is 5.78 Å². The van der Waals surface area contributed by atoms with E-state index in [1.807, 2.05) is 12.1 Å². The van der Waals surface area contributed by atoms with Crippen molar-refractivity contribution in [2.24, 2.45) is 5.92 Å². The zero-order valence-electron chi connectivity index (χ0n) is 12.6. The van der Waals surface area contributed by atoms with Gasteiger partial charge in [-0.05, 0) is 50.7 Å². The summed E-state index contributed by atoms with van der Waals surface area (Å²) in [5, 5.41) is 0. The van der Waals surface area contributed by atoms with Crippen LogP contribution >= 0.6 is 0 Å². The average Bonchev–Trinajstić information content (AvgIpc) is 2.47. The molecule has 3 heteroatoms. The highest BCUT2D eigenvalue weighted by Crippen LogP contribution is 2.33. The number of ether oxygens (including phenoxy) is 2. The lowest BCUT2D eigenvalue weighted by Crippen LogP contribution is -2.30. The van der Waals surface area contributed by atoms with Gasteiger partial charge in [-0.3, -0.25) is 4.79 Å². The molecular weight excluding hydrogens is 252 g/mol. The molecule has 2 atom stereocenters. The molecule has 0 N–H and O–H groups in total. The third-order valence-corrected chi connectivity index (χ3v) is 4.21. The highest BCUT2D eigenvalue weighted by Gasteiger charge is 2.26. The standard InChI is InChI=1S/C17H24O3/c1-4-13-7-5-6-8-16(13)20-17-11-14(19-3)9-10-15(17)12(2)18/h9-11,13,16H,4-8H2,1-3H3. The van der Waals surface area contributed by atoms with Crippen LogP contribution in [0.4, 0.5) is 0 Å². The SMILES string of the molecule is CCC1CCCCC1Oc1cc(OC)ccc1C(C)=O. The zero-order chi connectivity index (χ0) is 14.5. The first-order chi connectivity index (χ1) is 9.65. The van der Waals surface area contributed by atoms with Crippen LogP contribution in [0.15, 0.2) is 18.2 Å². The predicted molar refractivity (Wildman–Crippen MR) is 79.7 cm³/mol. The van der Waals surface area contributed by atoms with Gasteiger partial charge in [-0.2, -0.15) is 0 Å². The Morgan fingerprint density at radius 2 is 2.05 bits per heavy atom. The van der Waals surface area contributed by atoms with Gasteiger partial charge in [0.1, 0.15) is 17.6 Å². The van der Waals surface area contributed by atoms with E-state index in [2.05, 4.69) is 6.92 Å². The Balaban J connectivity index is 2.23. The number of Topliss-reactive ketones (excluding diaryl/α,β-unsaturated/α-hetero) is 1. The van der Waals surface area contributed by atoms with Gasteiger partial charge in [-0.25, -0.2) is 0 Å². The molecule has 2 unspecified atom stereocenters. The Kier molecular flexibility index (Phi) is 5.05. The molecule has 20 heavy (non-hydrogen) atoms. The lowest BCUT2D eigenvalue weighted by atomic mass is 9.84. The third-order valence-electron chi connectivity index (χ3n) is 4.21. The van der Waals surface area contributed by atoms with Crippen LogP contribution in [0.1, 0.15) is 56.3 Å². The van der Waals surface area contributed by atoms with Crippen LogP contribution in [0.3, 0.4) is 0 Å². The fourth-order valence-electron chi connectivity index (χ4n) is 2.98. The summed E-state index contributed by atoms with van der Waals surface area (Å²) in [6, 6.07) is 5.43. The van der Waals surface area contributed by atoms with Gasteiger partial charge in [0, 0.05) is 6.07 Å². The Morgan fingerprint density at radius 1 is 1.30 bits per heavy atom. The highest BCUT2D eigenvalue weighted by atomic mass is 16.5. The maximum Gasteiger partial charge on any atom is 0.163 e. The van der Waals surface area contributed by atoms with Crippen molar-refractivity contribution in [1.29, 1.82) is 0 Å². The second-order valence-corrected chi connectivity index (χ2v) is 5.53. The molecule has 0 saturated heterocycles.